The smallest absolute Gasteiger partial charge is 0.298 e. The first-order chi connectivity index (χ1) is 10.8. The van der Waals surface area contributed by atoms with Gasteiger partial charge in [-0.3, -0.25) is 0 Å². The molecule has 0 radical (unpaired) electrons. The average Bonchev–Trinajstić information content (AvgIpc) is 3.21. The van der Waals surface area contributed by atoms with Gasteiger partial charge in [0.1, 0.15) is 11.3 Å². The van der Waals surface area contributed by atoms with E-state index in [0.717, 1.165) is 43.2 Å². The largest absolute Gasteiger partial charge is 0.423 e. The van der Waals surface area contributed by atoms with Crippen LogP contribution in [0.3, 0.4) is 0 Å². The molecule has 1 saturated heterocycles. The highest BCUT2D eigenvalue weighted by atomic mass is 16.4. The summed E-state index contributed by atoms with van der Waals surface area (Å²) in [5, 5.41) is 0. The molecule has 0 N–H and O–H groups in total. The quantitative estimate of drug-likeness (QED) is 0.743. The van der Waals surface area contributed by atoms with Crippen LogP contribution in [0.4, 0.5) is 6.01 Å². The lowest BCUT2D eigenvalue weighted by Gasteiger charge is -2.31. The van der Waals surface area contributed by atoms with Crippen molar-refractivity contribution in [2.75, 3.05) is 18.0 Å². The van der Waals surface area contributed by atoms with Gasteiger partial charge in [-0.15, -0.1) is 0 Å². The molecule has 1 fully saturated rings. The monoisotopic (exact) mass is 296 g/mol. The maximum atomic E-state index is 5.92. The van der Waals surface area contributed by atoms with Crippen molar-refractivity contribution in [2.24, 2.45) is 0 Å². The first kappa shape index (κ1) is 13.4. The Morgan fingerprint density at radius 1 is 1.32 bits per heavy atom. The lowest BCUT2D eigenvalue weighted by atomic mass is 9.97. The van der Waals surface area contributed by atoms with Crippen molar-refractivity contribution in [1.82, 2.24) is 14.5 Å². The zero-order valence-corrected chi connectivity index (χ0v) is 12.8. The van der Waals surface area contributed by atoms with Gasteiger partial charge in [-0.05, 0) is 31.9 Å². The molecule has 5 heteroatoms. The number of nitrogens with zero attached hydrogens (tertiary/aromatic N) is 4. The molecule has 1 unspecified atom stereocenters. The molecule has 0 amide bonds. The van der Waals surface area contributed by atoms with E-state index < -0.39 is 0 Å². The van der Waals surface area contributed by atoms with Gasteiger partial charge in [0.2, 0.25) is 0 Å². The lowest BCUT2D eigenvalue weighted by Crippen LogP contribution is -2.35. The van der Waals surface area contributed by atoms with Crippen molar-refractivity contribution >= 4 is 17.1 Å². The second kappa shape index (κ2) is 5.48. The van der Waals surface area contributed by atoms with Gasteiger partial charge in [0, 0.05) is 37.9 Å². The minimum atomic E-state index is 0.443. The number of hydrogen-bond donors (Lipinski definition) is 0. The highest BCUT2D eigenvalue weighted by molar-refractivity contribution is 5.74. The molecule has 0 saturated carbocycles. The third-order valence-electron chi connectivity index (χ3n) is 4.43. The molecule has 0 spiro atoms. The van der Waals surface area contributed by atoms with Gasteiger partial charge in [-0.25, -0.2) is 4.98 Å². The number of hydrogen-bond acceptors (Lipinski definition) is 4. The van der Waals surface area contributed by atoms with Gasteiger partial charge < -0.3 is 13.9 Å². The number of aromatic nitrogens is 3. The van der Waals surface area contributed by atoms with E-state index in [2.05, 4.69) is 32.6 Å². The van der Waals surface area contributed by atoms with Gasteiger partial charge in [0.05, 0.1) is 0 Å². The normalized spacial score (nSPS) is 19.0. The number of fused-ring (bicyclic) bond motifs is 1. The van der Waals surface area contributed by atoms with Crippen LogP contribution in [0.2, 0.25) is 0 Å². The minimum Gasteiger partial charge on any atom is -0.423 e. The molecule has 3 aromatic rings. The summed E-state index contributed by atoms with van der Waals surface area (Å²) in [6, 6.07) is 8.67. The van der Waals surface area contributed by atoms with E-state index in [-0.39, 0.29) is 0 Å². The van der Waals surface area contributed by atoms with Gasteiger partial charge in [-0.2, -0.15) is 4.98 Å². The van der Waals surface area contributed by atoms with Crippen LogP contribution in [0.25, 0.3) is 11.1 Å². The van der Waals surface area contributed by atoms with Crippen LogP contribution in [0.5, 0.6) is 0 Å². The standard InChI is InChI=1S/C17H20N4O/c1-2-20-11-9-18-16(20)13-6-5-10-21(12-13)17-19-14-7-3-4-8-15(14)22-17/h3-4,7-9,11,13H,2,5-6,10,12H2,1H3. The molecule has 0 aliphatic carbocycles. The number of oxazole rings is 1. The molecule has 2 aromatic heterocycles. The van der Waals surface area contributed by atoms with Crippen molar-refractivity contribution in [3.63, 3.8) is 0 Å². The third-order valence-corrected chi connectivity index (χ3v) is 4.43. The molecule has 22 heavy (non-hydrogen) atoms. The Kier molecular flexibility index (Phi) is 3.33. The Bertz CT molecular complexity index is 743. The number of benzene rings is 1. The van der Waals surface area contributed by atoms with Crippen LogP contribution in [-0.2, 0) is 6.54 Å². The maximum Gasteiger partial charge on any atom is 0.298 e. The minimum absolute atomic E-state index is 0.443. The first-order valence-electron chi connectivity index (χ1n) is 7.96. The van der Waals surface area contributed by atoms with Crippen LogP contribution < -0.4 is 4.90 Å². The molecule has 1 aliphatic rings. The van der Waals surface area contributed by atoms with E-state index in [1.807, 2.05) is 30.5 Å². The summed E-state index contributed by atoms with van der Waals surface area (Å²) in [5.41, 5.74) is 1.78. The molecule has 0 bridgehead atoms. The number of rotatable bonds is 3. The summed E-state index contributed by atoms with van der Waals surface area (Å²) in [6.45, 7) is 5.04. The summed E-state index contributed by atoms with van der Waals surface area (Å²) < 4.78 is 8.15. The van der Waals surface area contributed by atoms with Crippen molar-refractivity contribution in [1.29, 1.82) is 0 Å². The lowest BCUT2D eigenvalue weighted by molar-refractivity contribution is 0.446. The molecule has 5 nitrogen and oxygen atoms in total. The molecule has 1 aromatic carbocycles. The maximum absolute atomic E-state index is 5.92. The number of imidazole rings is 1. The Hall–Kier alpha value is -2.30. The summed E-state index contributed by atoms with van der Waals surface area (Å²) in [4.78, 5) is 11.4. The Labute approximate surface area is 129 Å². The molecule has 1 aliphatic heterocycles. The number of para-hydroxylation sites is 2. The summed E-state index contributed by atoms with van der Waals surface area (Å²) in [7, 11) is 0. The van der Waals surface area contributed by atoms with Gasteiger partial charge in [0.25, 0.3) is 6.01 Å². The topological polar surface area (TPSA) is 47.1 Å². The predicted octanol–water partition coefficient (Wildman–Crippen LogP) is 3.43. The van der Waals surface area contributed by atoms with E-state index in [0.29, 0.717) is 5.92 Å². The molecule has 4 rings (SSSR count). The van der Waals surface area contributed by atoms with Crippen LogP contribution in [0, 0.1) is 0 Å². The average molecular weight is 296 g/mol. The molecule has 1 atom stereocenters. The summed E-state index contributed by atoms with van der Waals surface area (Å²) >= 11 is 0. The van der Waals surface area contributed by atoms with Crippen LogP contribution >= 0.6 is 0 Å². The fourth-order valence-electron chi connectivity index (χ4n) is 3.30. The van der Waals surface area contributed by atoms with Gasteiger partial charge >= 0.3 is 0 Å². The predicted molar refractivity (Wildman–Crippen MR) is 86.1 cm³/mol. The molecule has 114 valence electrons. The number of anilines is 1. The second-order valence-corrected chi connectivity index (χ2v) is 5.82. The Balaban J connectivity index is 1.60. The van der Waals surface area contributed by atoms with Crippen molar-refractivity contribution in [2.45, 2.75) is 32.2 Å². The zero-order valence-electron chi connectivity index (χ0n) is 12.8. The van der Waals surface area contributed by atoms with E-state index in [1.165, 1.54) is 12.2 Å². The SMILES string of the molecule is CCn1ccnc1C1CCCN(c2nc3ccccc3o2)C1. The Morgan fingerprint density at radius 3 is 3.09 bits per heavy atom. The highest BCUT2D eigenvalue weighted by Gasteiger charge is 2.27. The van der Waals surface area contributed by atoms with Crippen molar-refractivity contribution in [3.05, 3.63) is 42.5 Å². The van der Waals surface area contributed by atoms with Gasteiger partial charge in [0.15, 0.2) is 5.58 Å². The van der Waals surface area contributed by atoms with Gasteiger partial charge in [-0.1, -0.05) is 12.1 Å². The summed E-state index contributed by atoms with van der Waals surface area (Å²) in [5.74, 6) is 1.63. The number of piperidine rings is 1. The Morgan fingerprint density at radius 2 is 2.23 bits per heavy atom. The second-order valence-electron chi connectivity index (χ2n) is 5.82. The zero-order chi connectivity index (χ0) is 14.9. The fraction of sp³-hybridized carbons (Fsp3) is 0.412. The van der Waals surface area contributed by atoms with E-state index >= 15 is 0 Å². The fourth-order valence-corrected chi connectivity index (χ4v) is 3.30. The molecule has 3 heterocycles. The van der Waals surface area contributed by atoms with Crippen molar-refractivity contribution in [3.8, 4) is 0 Å². The number of aryl methyl sites for hydroxylation is 1. The van der Waals surface area contributed by atoms with Crippen molar-refractivity contribution < 1.29 is 4.42 Å². The van der Waals surface area contributed by atoms with Crippen LogP contribution in [-0.4, -0.2) is 27.6 Å². The van der Waals surface area contributed by atoms with Crippen LogP contribution in [0.1, 0.15) is 31.5 Å². The molecular formula is C17H20N4O. The third kappa shape index (κ3) is 2.26. The highest BCUT2D eigenvalue weighted by Crippen LogP contribution is 2.30. The van der Waals surface area contributed by atoms with E-state index in [9.17, 15) is 0 Å². The van der Waals surface area contributed by atoms with E-state index in [4.69, 9.17) is 4.42 Å². The van der Waals surface area contributed by atoms with Crippen LogP contribution in [0.15, 0.2) is 41.1 Å². The summed E-state index contributed by atoms with van der Waals surface area (Å²) in [6.07, 6.45) is 6.28. The first-order valence-corrected chi connectivity index (χ1v) is 7.96. The molecular weight excluding hydrogens is 276 g/mol. The van der Waals surface area contributed by atoms with E-state index in [1.54, 1.807) is 0 Å².